The second-order valence-electron chi connectivity index (χ2n) is 1.63. The Labute approximate surface area is 56.5 Å². The highest BCUT2D eigenvalue weighted by atomic mass is 19.4. The molecule has 0 atom stereocenters. The van der Waals surface area contributed by atoms with Gasteiger partial charge in [-0.2, -0.15) is 23.4 Å². The average molecular weight is 152 g/mol. The van der Waals surface area contributed by atoms with Crippen LogP contribution in [0.4, 0.5) is 13.2 Å². The van der Waals surface area contributed by atoms with Crippen LogP contribution >= 0.6 is 0 Å². The second-order valence-corrected chi connectivity index (χ2v) is 1.63. The first-order chi connectivity index (χ1) is 4.48. The third-order valence-electron chi connectivity index (χ3n) is 0.814. The van der Waals surface area contributed by atoms with Gasteiger partial charge >= 0.3 is 6.18 Å². The molecule has 5 heteroatoms. The number of allylic oxidation sites excluding steroid dienone is 1. The number of nitrogens with zero attached hydrogens (tertiary/aromatic N) is 2. The van der Waals surface area contributed by atoms with E-state index in [1.54, 1.807) is 0 Å². The molecule has 0 fully saturated rings. The standard InChI is InChI=1S/C5H7F3N2/c1-4(3-10-9-2)5(6,7)8/h3H,1-2H3/b4-3+,10-9-. The lowest BCUT2D eigenvalue weighted by Gasteiger charge is -2.02. The minimum atomic E-state index is -4.28. The lowest BCUT2D eigenvalue weighted by Crippen LogP contribution is -2.08. The molecule has 0 aromatic heterocycles. The van der Waals surface area contributed by atoms with Crippen LogP contribution in [0.1, 0.15) is 6.92 Å². The van der Waals surface area contributed by atoms with Crippen LogP contribution in [0.5, 0.6) is 0 Å². The fourth-order valence-corrected chi connectivity index (χ4v) is 0.218. The molecule has 0 N–H and O–H groups in total. The summed E-state index contributed by atoms with van der Waals surface area (Å²) in [7, 11) is 1.31. The van der Waals surface area contributed by atoms with Crippen molar-refractivity contribution < 1.29 is 13.2 Å². The molecule has 0 radical (unpaired) electrons. The highest BCUT2D eigenvalue weighted by molar-refractivity contribution is 5.03. The van der Waals surface area contributed by atoms with Crippen molar-refractivity contribution in [2.24, 2.45) is 10.2 Å². The quantitative estimate of drug-likeness (QED) is 0.516. The van der Waals surface area contributed by atoms with Gasteiger partial charge in [0.2, 0.25) is 0 Å². The Kier molecular flexibility index (Phi) is 3.05. The minimum Gasteiger partial charge on any atom is -0.193 e. The van der Waals surface area contributed by atoms with Crippen molar-refractivity contribution in [1.82, 2.24) is 0 Å². The number of alkyl halides is 3. The average Bonchev–Trinajstić information content (AvgIpc) is 1.80. The van der Waals surface area contributed by atoms with Gasteiger partial charge in [0.1, 0.15) is 0 Å². The summed E-state index contributed by atoms with van der Waals surface area (Å²) in [6.45, 7) is 0.939. The highest BCUT2D eigenvalue weighted by Crippen LogP contribution is 2.24. The van der Waals surface area contributed by atoms with Gasteiger partial charge in [-0.05, 0) is 6.92 Å². The molecule has 0 aliphatic rings. The summed E-state index contributed by atoms with van der Waals surface area (Å²) in [5.41, 5.74) is -0.752. The summed E-state index contributed by atoms with van der Waals surface area (Å²) < 4.78 is 34.8. The van der Waals surface area contributed by atoms with Gasteiger partial charge in [0.05, 0.1) is 11.8 Å². The lowest BCUT2D eigenvalue weighted by atomic mass is 10.3. The normalized spacial score (nSPS) is 14.7. The fourth-order valence-electron chi connectivity index (χ4n) is 0.218. The Bertz CT molecular complexity index is 157. The monoisotopic (exact) mass is 152 g/mol. The molecular formula is C5H7F3N2. The third kappa shape index (κ3) is 3.21. The SMILES string of the molecule is C/N=N\C=C(/C)C(F)(F)F. The van der Waals surface area contributed by atoms with E-state index in [1.165, 1.54) is 7.05 Å². The van der Waals surface area contributed by atoms with E-state index in [-0.39, 0.29) is 0 Å². The summed E-state index contributed by atoms with van der Waals surface area (Å²) in [5.74, 6) is 0. The first-order valence-corrected chi connectivity index (χ1v) is 2.51. The van der Waals surface area contributed by atoms with E-state index in [9.17, 15) is 13.2 Å². The first kappa shape index (κ1) is 9.13. The third-order valence-corrected chi connectivity index (χ3v) is 0.814. The van der Waals surface area contributed by atoms with Gasteiger partial charge in [0.25, 0.3) is 0 Å². The highest BCUT2D eigenvalue weighted by Gasteiger charge is 2.29. The Hall–Kier alpha value is -0.870. The molecule has 0 saturated carbocycles. The van der Waals surface area contributed by atoms with E-state index < -0.39 is 11.7 Å². The fraction of sp³-hybridized carbons (Fsp3) is 0.600. The van der Waals surface area contributed by atoms with Gasteiger partial charge < -0.3 is 0 Å². The molecule has 0 heterocycles. The Balaban J connectivity index is 4.20. The van der Waals surface area contributed by atoms with Crippen LogP contribution in [0.25, 0.3) is 0 Å². The summed E-state index contributed by atoms with van der Waals surface area (Å²) in [5, 5.41) is 6.22. The van der Waals surface area contributed by atoms with E-state index in [0.29, 0.717) is 6.20 Å². The zero-order valence-electron chi connectivity index (χ0n) is 5.61. The number of halogens is 3. The predicted molar refractivity (Wildman–Crippen MR) is 30.6 cm³/mol. The number of azo groups is 1. The van der Waals surface area contributed by atoms with Gasteiger partial charge in [-0.1, -0.05) is 0 Å². The second kappa shape index (κ2) is 3.34. The van der Waals surface area contributed by atoms with Crippen LogP contribution in [0.3, 0.4) is 0 Å². The molecule has 58 valence electrons. The molecule has 0 saturated heterocycles. The smallest absolute Gasteiger partial charge is 0.193 e. The van der Waals surface area contributed by atoms with Gasteiger partial charge in [-0.15, -0.1) is 0 Å². The van der Waals surface area contributed by atoms with Crippen LogP contribution in [-0.2, 0) is 0 Å². The van der Waals surface area contributed by atoms with E-state index in [1.807, 2.05) is 0 Å². The molecule has 0 aromatic rings. The van der Waals surface area contributed by atoms with E-state index in [4.69, 9.17) is 0 Å². The topological polar surface area (TPSA) is 24.7 Å². The molecule has 0 amide bonds. The Morgan fingerprint density at radius 1 is 1.40 bits per heavy atom. The number of rotatable bonds is 1. The lowest BCUT2D eigenvalue weighted by molar-refractivity contribution is -0.0915. The van der Waals surface area contributed by atoms with E-state index in [0.717, 1.165) is 6.92 Å². The van der Waals surface area contributed by atoms with Crippen LogP contribution in [0.2, 0.25) is 0 Å². The summed E-state index contributed by atoms with van der Waals surface area (Å²) in [6, 6.07) is 0. The first-order valence-electron chi connectivity index (χ1n) is 2.51. The van der Waals surface area contributed by atoms with Crippen molar-refractivity contribution in [2.75, 3.05) is 7.05 Å². The maximum absolute atomic E-state index is 11.6. The van der Waals surface area contributed by atoms with E-state index >= 15 is 0 Å². The molecule has 0 aliphatic carbocycles. The van der Waals surface area contributed by atoms with Crippen molar-refractivity contribution in [3.8, 4) is 0 Å². The summed E-state index contributed by atoms with van der Waals surface area (Å²) >= 11 is 0. The van der Waals surface area contributed by atoms with Crippen molar-refractivity contribution in [3.05, 3.63) is 11.8 Å². The molecule has 2 nitrogen and oxygen atoms in total. The molecule has 0 spiro atoms. The van der Waals surface area contributed by atoms with Crippen molar-refractivity contribution >= 4 is 0 Å². The number of hydrogen-bond donors (Lipinski definition) is 0. The molecule has 0 bridgehead atoms. The zero-order chi connectivity index (χ0) is 8.20. The van der Waals surface area contributed by atoms with Gasteiger partial charge in [0.15, 0.2) is 0 Å². The molecule has 10 heavy (non-hydrogen) atoms. The maximum Gasteiger partial charge on any atom is 0.413 e. The van der Waals surface area contributed by atoms with Crippen LogP contribution in [0, 0.1) is 0 Å². The van der Waals surface area contributed by atoms with Gasteiger partial charge in [0, 0.05) is 7.05 Å². The number of hydrogen-bond acceptors (Lipinski definition) is 2. The van der Waals surface area contributed by atoms with Crippen molar-refractivity contribution in [3.63, 3.8) is 0 Å². The molecule has 0 aromatic carbocycles. The largest absolute Gasteiger partial charge is 0.413 e. The van der Waals surface area contributed by atoms with Crippen LogP contribution in [0.15, 0.2) is 22.0 Å². The van der Waals surface area contributed by atoms with Crippen LogP contribution < -0.4 is 0 Å². The Morgan fingerprint density at radius 2 is 1.90 bits per heavy atom. The molecule has 0 unspecified atom stereocenters. The zero-order valence-corrected chi connectivity index (χ0v) is 5.61. The van der Waals surface area contributed by atoms with Crippen LogP contribution in [-0.4, -0.2) is 13.2 Å². The molecular weight excluding hydrogens is 145 g/mol. The van der Waals surface area contributed by atoms with Crippen molar-refractivity contribution in [1.29, 1.82) is 0 Å². The van der Waals surface area contributed by atoms with E-state index in [2.05, 4.69) is 10.2 Å². The Morgan fingerprint density at radius 3 is 2.20 bits per heavy atom. The summed E-state index contributed by atoms with van der Waals surface area (Å²) in [6.07, 6.45) is -3.60. The van der Waals surface area contributed by atoms with Gasteiger partial charge in [-0.25, -0.2) is 0 Å². The summed E-state index contributed by atoms with van der Waals surface area (Å²) in [4.78, 5) is 0. The molecule has 0 rings (SSSR count). The predicted octanol–water partition coefficient (Wildman–Crippen LogP) is 2.53. The van der Waals surface area contributed by atoms with Crippen molar-refractivity contribution in [2.45, 2.75) is 13.1 Å². The molecule has 0 aliphatic heterocycles. The minimum absolute atomic E-state index is 0.681. The van der Waals surface area contributed by atoms with Gasteiger partial charge in [-0.3, -0.25) is 0 Å². The maximum atomic E-state index is 11.6.